The molecule has 0 atom stereocenters. The molecule has 0 saturated carbocycles. The number of hydrogen-bond donors (Lipinski definition) is 2. The molecule has 1 aromatic carbocycles. The first kappa shape index (κ1) is 10.6. The zero-order chi connectivity index (χ0) is 12.5. The molecule has 2 aromatic rings. The molecule has 7 nitrogen and oxygen atoms in total. The monoisotopic (exact) mass is 246 g/mol. The largest absolute Gasteiger partial charge is 0.489 e. The van der Waals surface area contributed by atoms with Crippen LogP contribution in [0, 0.1) is 0 Å². The van der Waals surface area contributed by atoms with Gasteiger partial charge in [0, 0.05) is 6.54 Å². The number of aromatic nitrogens is 2. The van der Waals surface area contributed by atoms with Crippen LogP contribution in [0.4, 0.5) is 5.69 Å². The smallest absolute Gasteiger partial charge is 0.290 e. The lowest BCUT2D eigenvalue weighted by Gasteiger charge is -2.20. The highest BCUT2D eigenvalue weighted by Gasteiger charge is 2.20. The van der Waals surface area contributed by atoms with E-state index in [1.165, 1.54) is 0 Å². The van der Waals surface area contributed by atoms with Crippen LogP contribution in [-0.4, -0.2) is 29.2 Å². The fraction of sp³-hybridized carbons (Fsp3) is 0.182. The van der Waals surface area contributed by atoms with Gasteiger partial charge in [0.25, 0.3) is 17.6 Å². The normalized spacial score (nSPS) is 13.3. The molecule has 0 radical (unpaired) electrons. The number of hydrogen-bond acceptors (Lipinski definition) is 6. The number of para-hydroxylation sites is 1. The molecule has 0 spiro atoms. The minimum atomic E-state index is -0.728. The number of ether oxygens (including phenoxy) is 1. The third-order valence-electron chi connectivity index (χ3n) is 2.56. The van der Waals surface area contributed by atoms with E-state index in [2.05, 4.69) is 15.5 Å². The third kappa shape index (κ3) is 1.65. The second-order valence-corrected chi connectivity index (χ2v) is 3.74. The summed E-state index contributed by atoms with van der Waals surface area (Å²) in [7, 11) is 0. The summed E-state index contributed by atoms with van der Waals surface area (Å²) in [6.07, 6.45) is 0. The van der Waals surface area contributed by atoms with Gasteiger partial charge in [-0.25, -0.2) is 0 Å². The van der Waals surface area contributed by atoms with Gasteiger partial charge in [-0.05, 0) is 12.1 Å². The Hall–Kier alpha value is -2.57. The lowest BCUT2D eigenvalue weighted by molar-refractivity contribution is 0.0987. The van der Waals surface area contributed by atoms with Gasteiger partial charge in [-0.15, -0.1) is 0 Å². The van der Waals surface area contributed by atoms with Crippen molar-refractivity contribution in [2.24, 2.45) is 5.73 Å². The lowest BCUT2D eigenvalue weighted by Crippen LogP contribution is -2.18. The van der Waals surface area contributed by atoms with Crippen LogP contribution >= 0.6 is 0 Å². The van der Waals surface area contributed by atoms with Crippen LogP contribution in [-0.2, 0) is 0 Å². The molecule has 3 N–H and O–H groups in total. The van der Waals surface area contributed by atoms with Gasteiger partial charge < -0.3 is 20.3 Å². The van der Waals surface area contributed by atoms with Gasteiger partial charge in [0.1, 0.15) is 6.61 Å². The van der Waals surface area contributed by atoms with E-state index < -0.39 is 5.91 Å². The summed E-state index contributed by atoms with van der Waals surface area (Å²) in [5.74, 6) is -0.0204. The maximum Gasteiger partial charge on any atom is 0.290 e. The van der Waals surface area contributed by atoms with E-state index in [1.54, 1.807) is 6.07 Å². The maximum atomic E-state index is 10.9. The zero-order valence-electron chi connectivity index (χ0n) is 9.34. The molecule has 92 valence electrons. The molecule has 1 aliphatic heterocycles. The number of carbonyl (C=O) groups excluding carboxylic acids is 1. The van der Waals surface area contributed by atoms with E-state index >= 15 is 0 Å². The summed E-state index contributed by atoms with van der Waals surface area (Å²) in [4.78, 5) is 14.9. The minimum Gasteiger partial charge on any atom is -0.489 e. The minimum absolute atomic E-state index is 0.147. The Balaban J connectivity index is 2.08. The van der Waals surface area contributed by atoms with Crippen LogP contribution in [0.5, 0.6) is 5.75 Å². The molecule has 1 aromatic heterocycles. The number of anilines is 1. The zero-order valence-corrected chi connectivity index (χ0v) is 9.34. The van der Waals surface area contributed by atoms with Crippen molar-refractivity contribution < 1.29 is 14.1 Å². The Kier molecular flexibility index (Phi) is 2.36. The van der Waals surface area contributed by atoms with E-state index in [1.807, 2.05) is 12.1 Å². The van der Waals surface area contributed by atoms with Crippen LogP contribution in [0.25, 0.3) is 11.5 Å². The van der Waals surface area contributed by atoms with Crippen LogP contribution in [0.3, 0.4) is 0 Å². The number of nitrogens with one attached hydrogen (secondary N) is 1. The highest BCUT2D eigenvalue weighted by Crippen LogP contribution is 2.37. The quantitative estimate of drug-likeness (QED) is 0.805. The average molecular weight is 246 g/mol. The van der Waals surface area contributed by atoms with E-state index in [4.69, 9.17) is 15.0 Å². The Labute approximate surface area is 102 Å². The van der Waals surface area contributed by atoms with Gasteiger partial charge in [0.15, 0.2) is 5.75 Å². The van der Waals surface area contributed by atoms with Crippen molar-refractivity contribution >= 4 is 11.6 Å². The van der Waals surface area contributed by atoms with E-state index in [0.717, 1.165) is 12.2 Å². The van der Waals surface area contributed by atoms with Crippen LogP contribution in [0.15, 0.2) is 22.7 Å². The summed E-state index contributed by atoms with van der Waals surface area (Å²) in [5, 5.41) is 6.70. The molecular formula is C11H10N4O3. The Bertz CT molecular complexity index is 608. The van der Waals surface area contributed by atoms with Gasteiger partial charge in [0.2, 0.25) is 0 Å². The highest BCUT2D eigenvalue weighted by molar-refractivity contribution is 5.89. The van der Waals surface area contributed by atoms with Gasteiger partial charge in [-0.1, -0.05) is 11.2 Å². The highest BCUT2D eigenvalue weighted by atomic mass is 16.5. The van der Waals surface area contributed by atoms with Crippen LogP contribution in [0.1, 0.15) is 10.6 Å². The second kappa shape index (κ2) is 4.02. The lowest BCUT2D eigenvalue weighted by atomic mass is 10.1. The number of primary amides is 1. The van der Waals surface area contributed by atoms with Crippen molar-refractivity contribution in [2.75, 3.05) is 18.5 Å². The number of rotatable bonds is 2. The van der Waals surface area contributed by atoms with Crippen molar-refractivity contribution in [1.82, 2.24) is 10.1 Å². The van der Waals surface area contributed by atoms with Crippen LogP contribution < -0.4 is 15.8 Å². The molecule has 7 heteroatoms. The Morgan fingerprint density at radius 1 is 1.44 bits per heavy atom. The van der Waals surface area contributed by atoms with Crippen LogP contribution in [0.2, 0.25) is 0 Å². The number of amides is 1. The average Bonchev–Trinajstić information content (AvgIpc) is 2.87. The predicted molar refractivity (Wildman–Crippen MR) is 62.2 cm³/mol. The van der Waals surface area contributed by atoms with Crippen molar-refractivity contribution in [3.05, 3.63) is 24.0 Å². The first-order valence-corrected chi connectivity index (χ1v) is 5.39. The second-order valence-electron chi connectivity index (χ2n) is 3.74. The summed E-state index contributed by atoms with van der Waals surface area (Å²) in [6, 6.07) is 5.51. The van der Waals surface area contributed by atoms with Crippen molar-refractivity contribution in [3.63, 3.8) is 0 Å². The standard InChI is InChI=1S/C11H10N4O3/c12-9(16)10-14-11(18-15-10)6-2-1-3-7-8(6)17-5-4-13-7/h1-3,13H,4-5H2,(H2,12,16). The van der Waals surface area contributed by atoms with Gasteiger partial charge >= 0.3 is 0 Å². The molecule has 0 saturated heterocycles. The topological polar surface area (TPSA) is 103 Å². The summed E-state index contributed by atoms with van der Waals surface area (Å²) < 4.78 is 10.6. The Morgan fingerprint density at radius 2 is 2.33 bits per heavy atom. The van der Waals surface area contributed by atoms with Crippen molar-refractivity contribution in [2.45, 2.75) is 0 Å². The fourth-order valence-corrected chi connectivity index (χ4v) is 1.77. The van der Waals surface area contributed by atoms with Crippen molar-refractivity contribution in [1.29, 1.82) is 0 Å². The number of benzene rings is 1. The molecular weight excluding hydrogens is 236 g/mol. The molecule has 0 aliphatic carbocycles. The fourth-order valence-electron chi connectivity index (χ4n) is 1.77. The molecule has 3 rings (SSSR count). The SMILES string of the molecule is NC(=O)c1noc(-c2cccc3c2OCCN3)n1. The van der Waals surface area contributed by atoms with Gasteiger partial charge in [0.05, 0.1) is 11.3 Å². The summed E-state index contributed by atoms with van der Waals surface area (Å²) in [5.41, 5.74) is 6.57. The first-order chi connectivity index (χ1) is 8.75. The Morgan fingerprint density at radius 3 is 3.11 bits per heavy atom. The predicted octanol–water partition coefficient (Wildman–Crippen LogP) is 0.640. The summed E-state index contributed by atoms with van der Waals surface area (Å²) in [6.45, 7) is 1.30. The van der Waals surface area contributed by atoms with E-state index in [0.29, 0.717) is 17.9 Å². The molecule has 1 amide bonds. The molecule has 2 heterocycles. The molecule has 1 aliphatic rings. The van der Waals surface area contributed by atoms with Gasteiger partial charge in [-0.3, -0.25) is 4.79 Å². The number of nitrogens with two attached hydrogens (primary N) is 1. The molecule has 0 fully saturated rings. The number of carbonyl (C=O) groups is 1. The van der Waals surface area contributed by atoms with E-state index in [-0.39, 0.29) is 11.7 Å². The van der Waals surface area contributed by atoms with Crippen molar-refractivity contribution in [3.8, 4) is 17.2 Å². The molecule has 0 bridgehead atoms. The first-order valence-electron chi connectivity index (χ1n) is 5.39. The van der Waals surface area contributed by atoms with E-state index in [9.17, 15) is 4.79 Å². The van der Waals surface area contributed by atoms with Gasteiger partial charge in [-0.2, -0.15) is 4.98 Å². The molecule has 18 heavy (non-hydrogen) atoms. The third-order valence-corrected chi connectivity index (χ3v) is 2.56. The maximum absolute atomic E-state index is 10.9. The molecule has 0 unspecified atom stereocenters. The summed E-state index contributed by atoms with van der Waals surface area (Å²) >= 11 is 0. The number of nitrogens with zero attached hydrogens (tertiary/aromatic N) is 2. The number of fused-ring (bicyclic) bond motifs is 1.